The van der Waals surface area contributed by atoms with E-state index in [0.717, 1.165) is 38.5 Å². The molecule has 0 aliphatic carbocycles. The zero-order chi connectivity index (χ0) is 10.8. The first kappa shape index (κ1) is 14.4. The number of unbranched alkanes of at least 4 members (excludes halogenated alkanes) is 1. The van der Waals surface area contributed by atoms with Gasteiger partial charge < -0.3 is 0 Å². The fourth-order valence-electron chi connectivity index (χ4n) is 1.69. The lowest BCUT2D eigenvalue weighted by Gasteiger charge is -2.13. The van der Waals surface area contributed by atoms with Crippen LogP contribution < -0.4 is 0 Å². The monoisotopic (exact) mass is 310 g/mol. The van der Waals surface area contributed by atoms with Gasteiger partial charge in [0.25, 0.3) is 0 Å². The van der Waals surface area contributed by atoms with Crippen molar-refractivity contribution in [3.8, 4) is 0 Å². The van der Waals surface area contributed by atoms with Crippen LogP contribution >= 0.6 is 22.6 Å². The highest BCUT2D eigenvalue weighted by molar-refractivity contribution is 14.1. The summed E-state index contributed by atoms with van der Waals surface area (Å²) in [6.45, 7) is 4.32. The molecule has 0 aromatic heterocycles. The minimum Gasteiger partial charge on any atom is -0.299 e. The molecule has 0 rings (SSSR count). The largest absolute Gasteiger partial charge is 0.299 e. The number of hydrogen-bond donors (Lipinski definition) is 0. The zero-order valence-electron chi connectivity index (χ0n) is 9.52. The van der Waals surface area contributed by atoms with E-state index >= 15 is 0 Å². The molecular formula is C12H23IO. The molecule has 0 saturated carbocycles. The Morgan fingerprint density at radius 1 is 1.14 bits per heavy atom. The van der Waals surface area contributed by atoms with E-state index in [2.05, 4.69) is 36.4 Å². The van der Waals surface area contributed by atoms with E-state index in [1.54, 1.807) is 0 Å². The summed E-state index contributed by atoms with van der Waals surface area (Å²) < 4.78 is 1.18. The third kappa shape index (κ3) is 6.80. The van der Waals surface area contributed by atoms with Gasteiger partial charge in [-0.3, -0.25) is 4.79 Å². The number of halogens is 1. The van der Waals surface area contributed by atoms with Gasteiger partial charge in [0.1, 0.15) is 5.78 Å². The number of carbonyl (C=O) groups excluding carboxylic acids is 1. The van der Waals surface area contributed by atoms with Gasteiger partial charge in [0.05, 0.1) is 0 Å². The lowest BCUT2D eigenvalue weighted by molar-refractivity contribution is -0.123. The maximum atomic E-state index is 11.8. The molecule has 84 valence electrons. The topological polar surface area (TPSA) is 17.1 Å². The van der Waals surface area contributed by atoms with Crippen LogP contribution in [0.2, 0.25) is 0 Å². The third-order valence-electron chi connectivity index (χ3n) is 2.56. The van der Waals surface area contributed by atoms with Crippen molar-refractivity contribution in [2.75, 3.05) is 4.43 Å². The molecule has 1 unspecified atom stereocenters. The smallest absolute Gasteiger partial charge is 0.135 e. The summed E-state index contributed by atoms with van der Waals surface area (Å²) in [7, 11) is 0. The second-order valence-corrected chi connectivity index (χ2v) is 4.97. The third-order valence-corrected chi connectivity index (χ3v) is 3.32. The zero-order valence-corrected chi connectivity index (χ0v) is 11.7. The highest BCUT2D eigenvalue weighted by Gasteiger charge is 2.15. The first-order chi connectivity index (χ1) is 6.76. The van der Waals surface area contributed by atoms with Gasteiger partial charge in [0.15, 0.2) is 0 Å². The molecule has 0 aromatic rings. The Kier molecular flexibility index (Phi) is 10.2. The molecule has 0 saturated heterocycles. The quantitative estimate of drug-likeness (QED) is 0.456. The van der Waals surface area contributed by atoms with Crippen molar-refractivity contribution in [1.29, 1.82) is 0 Å². The van der Waals surface area contributed by atoms with E-state index in [9.17, 15) is 4.79 Å². The molecule has 1 atom stereocenters. The van der Waals surface area contributed by atoms with Crippen molar-refractivity contribution in [2.45, 2.75) is 58.8 Å². The molecule has 0 radical (unpaired) electrons. The van der Waals surface area contributed by atoms with E-state index < -0.39 is 0 Å². The van der Waals surface area contributed by atoms with Gasteiger partial charge in [-0.2, -0.15) is 0 Å². The molecule has 0 heterocycles. The molecule has 2 heteroatoms. The molecule has 0 amide bonds. The first-order valence-corrected chi connectivity index (χ1v) is 7.37. The van der Waals surface area contributed by atoms with E-state index in [0.29, 0.717) is 11.7 Å². The number of Topliss-reactive ketones (excluding diaryl/α,β-unsaturated/α-hetero) is 1. The summed E-state index contributed by atoms with van der Waals surface area (Å²) in [6.07, 6.45) is 7.56. The van der Waals surface area contributed by atoms with Crippen molar-refractivity contribution < 1.29 is 4.79 Å². The molecule has 14 heavy (non-hydrogen) atoms. The van der Waals surface area contributed by atoms with Crippen molar-refractivity contribution in [2.24, 2.45) is 5.92 Å². The van der Waals surface area contributed by atoms with Gasteiger partial charge in [0, 0.05) is 12.3 Å². The summed E-state index contributed by atoms with van der Waals surface area (Å²) in [4.78, 5) is 11.8. The number of rotatable bonds is 9. The molecule has 0 fully saturated rings. The minimum absolute atomic E-state index is 0.362. The summed E-state index contributed by atoms with van der Waals surface area (Å²) in [5.41, 5.74) is 0. The highest BCUT2D eigenvalue weighted by atomic mass is 127. The molecule has 0 spiro atoms. The van der Waals surface area contributed by atoms with Crippen LogP contribution in [0.25, 0.3) is 0 Å². The van der Waals surface area contributed by atoms with Gasteiger partial charge in [0.2, 0.25) is 0 Å². The summed E-state index contributed by atoms with van der Waals surface area (Å²) in [5.74, 6) is 0.875. The Labute approximate surface area is 102 Å². The van der Waals surface area contributed by atoms with Gasteiger partial charge in [-0.25, -0.2) is 0 Å². The summed E-state index contributed by atoms with van der Waals surface area (Å²) >= 11 is 2.39. The lowest BCUT2D eigenvalue weighted by Crippen LogP contribution is -2.14. The second-order valence-electron chi connectivity index (χ2n) is 3.89. The van der Waals surface area contributed by atoms with Crippen LogP contribution in [0.5, 0.6) is 0 Å². The Morgan fingerprint density at radius 2 is 1.86 bits per heavy atom. The fourth-order valence-corrected chi connectivity index (χ4v) is 2.13. The number of hydrogen-bond acceptors (Lipinski definition) is 1. The van der Waals surface area contributed by atoms with Gasteiger partial charge in [-0.05, 0) is 30.1 Å². The second kappa shape index (κ2) is 9.94. The normalized spacial score (nSPS) is 12.8. The van der Waals surface area contributed by atoms with Crippen LogP contribution in [-0.4, -0.2) is 10.2 Å². The molecule has 0 aliphatic heterocycles. The van der Waals surface area contributed by atoms with Crippen molar-refractivity contribution in [3.63, 3.8) is 0 Å². The Morgan fingerprint density at radius 3 is 2.36 bits per heavy atom. The predicted octanol–water partition coefficient (Wildman–Crippen LogP) is 4.38. The fraction of sp³-hybridized carbons (Fsp3) is 0.917. The Hall–Kier alpha value is 0.400. The van der Waals surface area contributed by atoms with Crippen molar-refractivity contribution >= 4 is 28.4 Å². The van der Waals surface area contributed by atoms with Crippen LogP contribution in [-0.2, 0) is 4.79 Å². The van der Waals surface area contributed by atoms with Crippen molar-refractivity contribution in [3.05, 3.63) is 0 Å². The Bertz CT molecular complexity index is 145. The van der Waals surface area contributed by atoms with Crippen LogP contribution in [0.15, 0.2) is 0 Å². The molecular weight excluding hydrogens is 287 g/mol. The van der Waals surface area contributed by atoms with Crippen LogP contribution in [0.4, 0.5) is 0 Å². The number of carbonyl (C=O) groups is 1. The van der Waals surface area contributed by atoms with Gasteiger partial charge in [-0.15, -0.1) is 0 Å². The number of ketones is 1. The summed E-state index contributed by atoms with van der Waals surface area (Å²) in [5, 5.41) is 0. The molecule has 0 aliphatic rings. The SMILES string of the molecule is CCCCC(=O)C(CCC)CCCI. The average Bonchev–Trinajstić information content (AvgIpc) is 2.20. The molecule has 0 N–H and O–H groups in total. The van der Waals surface area contributed by atoms with Crippen LogP contribution in [0, 0.1) is 5.92 Å². The van der Waals surface area contributed by atoms with E-state index in [-0.39, 0.29) is 0 Å². The van der Waals surface area contributed by atoms with Crippen LogP contribution in [0.1, 0.15) is 58.8 Å². The van der Waals surface area contributed by atoms with Gasteiger partial charge in [-0.1, -0.05) is 49.3 Å². The maximum absolute atomic E-state index is 11.8. The maximum Gasteiger partial charge on any atom is 0.135 e. The molecule has 0 aromatic carbocycles. The van der Waals surface area contributed by atoms with E-state index in [1.807, 2.05) is 0 Å². The Balaban J connectivity index is 3.84. The van der Waals surface area contributed by atoms with Crippen molar-refractivity contribution in [1.82, 2.24) is 0 Å². The minimum atomic E-state index is 0.362. The van der Waals surface area contributed by atoms with Gasteiger partial charge >= 0.3 is 0 Å². The predicted molar refractivity (Wildman–Crippen MR) is 71.1 cm³/mol. The molecule has 1 nitrogen and oxygen atoms in total. The number of alkyl halides is 1. The van der Waals surface area contributed by atoms with Crippen LogP contribution in [0.3, 0.4) is 0 Å². The summed E-state index contributed by atoms with van der Waals surface area (Å²) in [6, 6.07) is 0. The average molecular weight is 310 g/mol. The first-order valence-electron chi connectivity index (χ1n) is 5.84. The molecule has 0 bridgehead atoms. The highest BCUT2D eigenvalue weighted by Crippen LogP contribution is 2.18. The lowest BCUT2D eigenvalue weighted by atomic mass is 9.91. The van der Waals surface area contributed by atoms with E-state index in [1.165, 1.54) is 10.8 Å². The van der Waals surface area contributed by atoms with E-state index in [4.69, 9.17) is 0 Å². The standard InChI is InChI=1S/C12H23IO/c1-3-5-9-12(14)11(7-4-2)8-6-10-13/h11H,3-10H2,1-2H3.